The first-order valence-electron chi connectivity index (χ1n) is 11.8. The molecule has 1 aromatic carbocycles. The highest BCUT2D eigenvalue weighted by atomic mass is 16.4. The first-order valence-corrected chi connectivity index (χ1v) is 11.8. The van der Waals surface area contributed by atoms with E-state index in [2.05, 4.69) is 16.0 Å². The molecule has 4 amide bonds. The summed E-state index contributed by atoms with van der Waals surface area (Å²) in [7, 11) is 0. The molecule has 0 aliphatic heterocycles. The number of aromatic hydroxyl groups is 1. The van der Waals surface area contributed by atoms with Crippen LogP contribution in [0.5, 0.6) is 5.75 Å². The Morgan fingerprint density at radius 2 is 1.46 bits per heavy atom. The molecular formula is C24H37N5O8. The van der Waals surface area contributed by atoms with Gasteiger partial charge in [-0.3, -0.25) is 19.2 Å². The van der Waals surface area contributed by atoms with Crippen LogP contribution in [0.15, 0.2) is 24.3 Å². The van der Waals surface area contributed by atoms with E-state index < -0.39 is 59.9 Å². The molecule has 0 aliphatic carbocycles. The summed E-state index contributed by atoms with van der Waals surface area (Å²) in [5.74, 6) is -4.50. The number of hydrogen-bond acceptors (Lipinski definition) is 8. The van der Waals surface area contributed by atoms with Crippen LogP contribution < -0.4 is 27.4 Å². The highest BCUT2D eigenvalue weighted by molar-refractivity contribution is 5.94. The van der Waals surface area contributed by atoms with Crippen molar-refractivity contribution in [2.75, 3.05) is 0 Å². The van der Waals surface area contributed by atoms with E-state index in [-0.39, 0.29) is 30.9 Å². The lowest BCUT2D eigenvalue weighted by Crippen LogP contribution is -2.60. The highest BCUT2D eigenvalue weighted by Gasteiger charge is 2.33. The predicted molar refractivity (Wildman–Crippen MR) is 133 cm³/mol. The summed E-state index contributed by atoms with van der Waals surface area (Å²) in [4.78, 5) is 61.0. The smallest absolute Gasteiger partial charge is 0.326 e. The summed E-state index contributed by atoms with van der Waals surface area (Å²) in [6.45, 7) is 4.98. The minimum Gasteiger partial charge on any atom is -0.508 e. The Kier molecular flexibility index (Phi) is 12.5. The molecule has 37 heavy (non-hydrogen) atoms. The molecule has 0 saturated heterocycles. The van der Waals surface area contributed by atoms with E-state index in [1.807, 2.05) is 13.8 Å². The number of carboxylic acids is 1. The van der Waals surface area contributed by atoms with E-state index in [9.17, 15) is 39.3 Å². The molecule has 0 aliphatic rings. The fourth-order valence-electron chi connectivity index (χ4n) is 3.44. The molecule has 0 spiro atoms. The van der Waals surface area contributed by atoms with Crippen LogP contribution in [-0.2, 0) is 30.4 Å². The highest BCUT2D eigenvalue weighted by Crippen LogP contribution is 2.12. The number of aliphatic carboxylic acids is 1. The van der Waals surface area contributed by atoms with Crippen LogP contribution in [0.1, 0.15) is 45.6 Å². The number of amides is 4. The molecule has 0 aromatic heterocycles. The number of carbonyl (C=O) groups is 5. The molecule has 1 rings (SSSR count). The van der Waals surface area contributed by atoms with E-state index in [1.54, 1.807) is 12.1 Å². The van der Waals surface area contributed by atoms with E-state index in [0.717, 1.165) is 0 Å². The number of aliphatic hydroxyl groups excluding tert-OH is 1. The Hall–Kier alpha value is -3.71. The lowest BCUT2D eigenvalue weighted by atomic mass is 10.0. The van der Waals surface area contributed by atoms with Gasteiger partial charge in [-0.15, -0.1) is 0 Å². The number of nitrogens with two attached hydrogens (primary N) is 2. The van der Waals surface area contributed by atoms with Gasteiger partial charge in [-0.2, -0.15) is 0 Å². The third-order valence-electron chi connectivity index (χ3n) is 5.43. The average Bonchev–Trinajstić information content (AvgIpc) is 2.79. The Balaban J connectivity index is 3.09. The van der Waals surface area contributed by atoms with Gasteiger partial charge in [0.25, 0.3) is 0 Å². The molecule has 13 heteroatoms. The van der Waals surface area contributed by atoms with Crippen molar-refractivity contribution < 1.29 is 39.3 Å². The maximum atomic E-state index is 13.2. The monoisotopic (exact) mass is 523 g/mol. The van der Waals surface area contributed by atoms with Crippen LogP contribution >= 0.6 is 0 Å². The zero-order valence-corrected chi connectivity index (χ0v) is 21.1. The van der Waals surface area contributed by atoms with E-state index in [0.29, 0.717) is 12.0 Å². The zero-order chi connectivity index (χ0) is 28.3. The van der Waals surface area contributed by atoms with Crippen LogP contribution in [0.2, 0.25) is 0 Å². The van der Waals surface area contributed by atoms with Crippen molar-refractivity contribution >= 4 is 29.6 Å². The van der Waals surface area contributed by atoms with E-state index >= 15 is 0 Å². The molecule has 10 N–H and O–H groups in total. The van der Waals surface area contributed by atoms with Crippen LogP contribution in [0.3, 0.4) is 0 Å². The molecule has 206 valence electrons. The predicted octanol–water partition coefficient (Wildman–Crippen LogP) is -1.51. The van der Waals surface area contributed by atoms with Crippen molar-refractivity contribution in [2.24, 2.45) is 17.4 Å². The number of carbonyl (C=O) groups excluding carboxylic acids is 4. The standard InChI is InChI=1S/C24H37N5O8/c1-12(2)10-16(25)21(33)28-18(11-14-4-6-15(31)7-5-14)22(34)29-20(13(3)30)23(35)27-17(24(36)37)8-9-19(26)32/h4-7,12-13,16-18,20,30-31H,8-11,25H2,1-3H3,(H2,26,32)(H,27,35)(H,28,33)(H,29,34)(H,36,37). The van der Waals surface area contributed by atoms with E-state index in [4.69, 9.17) is 11.5 Å². The SMILES string of the molecule is CC(C)CC(N)C(=O)NC(Cc1ccc(O)cc1)C(=O)NC(C(=O)NC(CCC(N)=O)C(=O)O)C(C)O. The number of aliphatic hydroxyl groups is 1. The quantitative estimate of drug-likeness (QED) is 0.133. The first-order chi connectivity index (χ1) is 17.2. The van der Waals surface area contributed by atoms with Gasteiger partial charge < -0.3 is 42.7 Å². The van der Waals surface area contributed by atoms with Crippen molar-refractivity contribution in [2.45, 2.75) is 76.7 Å². The number of benzene rings is 1. The molecule has 13 nitrogen and oxygen atoms in total. The second-order valence-electron chi connectivity index (χ2n) is 9.30. The summed E-state index contributed by atoms with van der Waals surface area (Å²) in [6.07, 6.45) is -1.70. The van der Waals surface area contributed by atoms with Crippen LogP contribution in [0.25, 0.3) is 0 Å². The summed E-state index contributed by atoms with van der Waals surface area (Å²) in [5, 5.41) is 36.1. The zero-order valence-electron chi connectivity index (χ0n) is 21.1. The Morgan fingerprint density at radius 3 is 1.95 bits per heavy atom. The lowest BCUT2D eigenvalue weighted by Gasteiger charge is -2.26. The fraction of sp³-hybridized carbons (Fsp3) is 0.542. The second kappa shape index (κ2) is 14.8. The van der Waals surface area contributed by atoms with Gasteiger partial charge in [0.1, 0.15) is 23.9 Å². The number of phenolic OH excluding ortho intramolecular Hbond substituents is 1. The third kappa shape index (κ3) is 11.3. The van der Waals surface area contributed by atoms with Gasteiger partial charge >= 0.3 is 5.97 Å². The molecule has 5 atom stereocenters. The van der Waals surface area contributed by atoms with Crippen molar-refractivity contribution in [3.8, 4) is 5.75 Å². The molecule has 0 radical (unpaired) electrons. The Morgan fingerprint density at radius 1 is 0.892 bits per heavy atom. The number of phenols is 1. The van der Waals surface area contributed by atoms with Crippen LogP contribution in [0, 0.1) is 5.92 Å². The number of nitrogens with one attached hydrogen (secondary N) is 3. The van der Waals surface area contributed by atoms with Crippen molar-refractivity contribution in [1.82, 2.24) is 16.0 Å². The first kappa shape index (κ1) is 31.3. The molecule has 0 heterocycles. The molecule has 1 aromatic rings. The van der Waals surface area contributed by atoms with Gasteiger partial charge in [-0.05, 0) is 43.4 Å². The largest absolute Gasteiger partial charge is 0.508 e. The number of hydrogen-bond donors (Lipinski definition) is 8. The number of rotatable bonds is 15. The van der Waals surface area contributed by atoms with Crippen molar-refractivity contribution in [3.05, 3.63) is 29.8 Å². The van der Waals surface area contributed by atoms with E-state index in [1.165, 1.54) is 19.1 Å². The fourth-order valence-corrected chi connectivity index (χ4v) is 3.44. The minimum absolute atomic E-state index is 0.00269. The van der Waals surface area contributed by atoms with Gasteiger partial charge in [0.05, 0.1) is 12.1 Å². The van der Waals surface area contributed by atoms with Crippen molar-refractivity contribution in [3.63, 3.8) is 0 Å². The van der Waals surface area contributed by atoms with Gasteiger partial charge in [-0.25, -0.2) is 4.79 Å². The molecule has 5 unspecified atom stereocenters. The molecule has 0 saturated carbocycles. The molecular weight excluding hydrogens is 486 g/mol. The third-order valence-corrected chi connectivity index (χ3v) is 5.43. The minimum atomic E-state index is -1.58. The summed E-state index contributed by atoms with van der Waals surface area (Å²) in [5.41, 5.74) is 11.6. The number of primary amides is 1. The summed E-state index contributed by atoms with van der Waals surface area (Å²) < 4.78 is 0. The van der Waals surface area contributed by atoms with Gasteiger partial charge in [0.15, 0.2) is 0 Å². The Labute approximate surface area is 215 Å². The lowest BCUT2D eigenvalue weighted by molar-refractivity contribution is -0.143. The summed E-state index contributed by atoms with van der Waals surface area (Å²) >= 11 is 0. The maximum absolute atomic E-state index is 13.2. The van der Waals surface area contributed by atoms with Gasteiger partial charge in [0, 0.05) is 12.8 Å². The van der Waals surface area contributed by atoms with Crippen molar-refractivity contribution in [1.29, 1.82) is 0 Å². The summed E-state index contributed by atoms with van der Waals surface area (Å²) in [6, 6.07) is 0.727. The normalized spacial score (nSPS) is 15.1. The average molecular weight is 524 g/mol. The van der Waals surface area contributed by atoms with Gasteiger partial charge in [0.2, 0.25) is 23.6 Å². The molecule has 0 fully saturated rings. The maximum Gasteiger partial charge on any atom is 0.326 e. The topological polar surface area (TPSA) is 234 Å². The Bertz CT molecular complexity index is 951. The second-order valence-corrected chi connectivity index (χ2v) is 9.30. The van der Waals surface area contributed by atoms with Gasteiger partial charge in [-0.1, -0.05) is 26.0 Å². The number of carboxylic acid groups (broad SMARTS) is 1. The molecule has 0 bridgehead atoms. The van der Waals surface area contributed by atoms with Crippen LogP contribution in [-0.4, -0.2) is 75.2 Å². The van der Waals surface area contributed by atoms with Crippen LogP contribution in [0.4, 0.5) is 0 Å².